The molecule has 3 aromatic carbocycles. The SMILES string of the molecule is COc1ccc(N=C2S/C(=C/c3ccc(N4Cc5ccccc5C4)cc3)C(=O)N2C2CCCCC2)cc1. The van der Waals surface area contributed by atoms with Crippen LogP contribution in [0, 0.1) is 0 Å². The highest BCUT2D eigenvalue weighted by Crippen LogP contribution is 2.39. The monoisotopic (exact) mass is 509 g/mol. The first-order chi connectivity index (χ1) is 18.2. The number of rotatable bonds is 5. The van der Waals surface area contributed by atoms with Gasteiger partial charge in [0.25, 0.3) is 5.91 Å². The van der Waals surface area contributed by atoms with Gasteiger partial charge in [0.2, 0.25) is 0 Å². The maximum Gasteiger partial charge on any atom is 0.267 e. The molecule has 2 aliphatic heterocycles. The summed E-state index contributed by atoms with van der Waals surface area (Å²) in [5.74, 6) is 0.869. The first kappa shape index (κ1) is 23.9. The van der Waals surface area contributed by atoms with Gasteiger partial charge in [0.05, 0.1) is 17.7 Å². The van der Waals surface area contributed by atoms with Crippen molar-refractivity contribution in [2.75, 3.05) is 12.0 Å². The summed E-state index contributed by atoms with van der Waals surface area (Å²) in [6.45, 7) is 1.87. The second-order valence-electron chi connectivity index (χ2n) is 9.89. The van der Waals surface area contributed by atoms with E-state index in [0.29, 0.717) is 0 Å². The number of benzene rings is 3. The highest BCUT2D eigenvalue weighted by molar-refractivity contribution is 8.18. The van der Waals surface area contributed by atoms with E-state index in [1.54, 1.807) is 7.11 Å². The third-order valence-corrected chi connectivity index (χ3v) is 8.45. The zero-order valence-electron chi connectivity index (χ0n) is 21.1. The van der Waals surface area contributed by atoms with Crippen LogP contribution < -0.4 is 9.64 Å². The maximum atomic E-state index is 13.6. The fraction of sp³-hybridized carbons (Fsp3) is 0.290. The Labute approximate surface area is 222 Å². The Morgan fingerprint density at radius 1 is 0.892 bits per heavy atom. The molecule has 2 heterocycles. The van der Waals surface area contributed by atoms with Crippen molar-refractivity contribution in [3.63, 3.8) is 0 Å². The van der Waals surface area contributed by atoms with Crippen LogP contribution in [-0.2, 0) is 17.9 Å². The van der Waals surface area contributed by atoms with E-state index in [9.17, 15) is 4.79 Å². The van der Waals surface area contributed by atoms with Crippen molar-refractivity contribution in [1.82, 2.24) is 4.90 Å². The summed E-state index contributed by atoms with van der Waals surface area (Å²) in [7, 11) is 1.66. The molecule has 3 aliphatic rings. The van der Waals surface area contributed by atoms with Crippen LogP contribution in [0.2, 0.25) is 0 Å². The topological polar surface area (TPSA) is 45.1 Å². The molecule has 0 spiro atoms. The summed E-state index contributed by atoms with van der Waals surface area (Å²) in [5.41, 5.74) is 5.86. The van der Waals surface area contributed by atoms with Gasteiger partial charge in [-0.2, -0.15) is 0 Å². The number of amides is 1. The zero-order valence-corrected chi connectivity index (χ0v) is 21.9. The fourth-order valence-corrected chi connectivity index (χ4v) is 6.50. The minimum absolute atomic E-state index is 0.0724. The summed E-state index contributed by atoms with van der Waals surface area (Å²) in [4.78, 5) is 23.6. The lowest BCUT2D eigenvalue weighted by Gasteiger charge is -2.30. The molecule has 0 atom stereocenters. The quantitative estimate of drug-likeness (QED) is 0.343. The highest BCUT2D eigenvalue weighted by Gasteiger charge is 2.38. The number of carbonyl (C=O) groups excluding carboxylic acids is 1. The second kappa shape index (κ2) is 10.5. The molecule has 0 aromatic heterocycles. The normalized spacial score (nSPS) is 20.2. The summed E-state index contributed by atoms with van der Waals surface area (Å²) in [6.07, 6.45) is 7.66. The van der Waals surface area contributed by atoms with Gasteiger partial charge in [-0.3, -0.25) is 9.69 Å². The molecule has 188 valence electrons. The molecule has 6 rings (SSSR count). The number of thioether (sulfide) groups is 1. The van der Waals surface area contributed by atoms with Crippen molar-refractivity contribution in [1.29, 1.82) is 0 Å². The number of ether oxygens (including phenoxy) is 1. The van der Waals surface area contributed by atoms with Gasteiger partial charge < -0.3 is 9.64 Å². The largest absolute Gasteiger partial charge is 0.497 e. The van der Waals surface area contributed by atoms with E-state index in [1.807, 2.05) is 35.2 Å². The fourth-order valence-electron chi connectivity index (χ4n) is 5.44. The van der Waals surface area contributed by atoms with Gasteiger partial charge in [0.15, 0.2) is 5.17 Å². The molecule has 0 bridgehead atoms. The molecule has 1 saturated carbocycles. The van der Waals surface area contributed by atoms with E-state index in [4.69, 9.17) is 9.73 Å². The average molecular weight is 510 g/mol. The van der Waals surface area contributed by atoms with Gasteiger partial charge >= 0.3 is 0 Å². The number of anilines is 1. The van der Waals surface area contributed by atoms with Gasteiger partial charge in [-0.25, -0.2) is 4.99 Å². The van der Waals surface area contributed by atoms with Crippen LogP contribution in [0.15, 0.2) is 82.7 Å². The lowest BCUT2D eigenvalue weighted by atomic mass is 9.94. The molecule has 0 radical (unpaired) electrons. The van der Waals surface area contributed by atoms with Crippen molar-refractivity contribution < 1.29 is 9.53 Å². The van der Waals surface area contributed by atoms with Crippen LogP contribution in [0.4, 0.5) is 11.4 Å². The van der Waals surface area contributed by atoms with Crippen LogP contribution in [0.3, 0.4) is 0 Å². The average Bonchev–Trinajstić information content (AvgIpc) is 3.51. The Morgan fingerprint density at radius 3 is 2.22 bits per heavy atom. The Kier molecular flexibility index (Phi) is 6.75. The minimum atomic E-state index is 0.0724. The lowest BCUT2D eigenvalue weighted by Crippen LogP contribution is -2.40. The second-order valence-corrected chi connectivity index (χ2v) is 10.9. The lowest BCUT2D eigenvalue weighted by molar-refractivity contribution is -0.124. The van der Waals surface area contributed by atoms with E-state index in [2.05, 4.69) is 53.4 Å². The first-order valence-electron chi connectivity index (χ1n) is 13.1. The molecular weight excluding hydrogens is 478 g/mol. The first-order valence-corrected chi connectivity index (χ1v) is 13.9. The molecule has 5 nitrogen and oxygen atoms in total. The highest BCUT2D eigenvalue weighted by atomic mass is 32.2. The van der Waals surface area contributed by atoms with Crippen molar-refractivity contribution in [2.45, 2.75) is 51.2 Å². The Bertz CT molecular complexity index is 1320. The van der Waals surface area contributed by atoms with Gasteiger partial charge in [-0.05, 0) is 83.8 Å². The predicted octanol–water partition coefficient (Wildman–Crippen LogP) is 7.15. The van der Waals surface area contributed by atoms with Crippen LogP contribution in [-0.4, -0.2) is 29.1 Å². The zero-order chi connectivity index (χ0) is 25.2. The van der Waals surface area contributed by atoms with E-state index in [1.165, 1.54) is 35.0 Å². The molecular formula is C31H31N3O2S. The Hall–Kier alpha value is -3.51. The van der Waals surface area contributed by atoms with Gasteiger partial charge in [-0.1, -0.05) is 55.7 Å². The number of methoxy groups -OCH3 is 1. The van der Waals surface area contributed by atoms with E-state index in [-0.39, 0.29) is 11.9 Å². The number of hydrogen-bond donors (Lipinski definition) is 0. The molecule has 37 heavy (non-hydrogen) atoms. The Morgan fingerprint density at radius 2 is 1.57 bits per heavy atom. The van der Waals surface area contributed by atoms with Gasteiger partial charge in [0.1, 0.15) is 5.75 Å². The van der Waals surface area contributed by atoms with Crippen molar-refractivity contribution in [3.8, 4) is 5.75 Å². The van der Waals surface area contributed by atoms with Crippen LogP contribution in [0.1, 0.15) is 48.8 Å². The van der Waals surface area contributed by atoms with Crippen LogP contribution in [0.5, 0.6) is 5.75 Å². The molecule has 6 heteroatoms. The summed E-state index contributed by atoms with van der Waals surface area (Å²) in [6, 6.07) is 25.1. The standard InChI is InChI=1S/C31H31N3O2S/c1-36-28-17-13-25(14-18-28)32-31-34(27-9-3-2-4-10-27)30(35)29(37-31)19-22-11-15-26(16-12-22)33-20-23-7-5-6-8-24(23)21-33/h5-8,11-19,27H,2-4,9-10,20-21H2,1H3/b29-19+,32-31?. The number of hydrogen-bond acceptors (Lipinski definition) is 5. The number of carbonyl (C=O) groups is 1. The third kappa shape index (κ3) is 5.03. The molecule has 1 saturated heterocycles. The van der Waals surface area contributed by atoms with E-state index in [0.717, 1.165) is 65.8 Å². The minimum Gasteiger partial charge on any atom is -0.497 e. The number of nitrogens with zero attached hydrogens (tertiary/aromatic N) is 3. The van der Waals surface area contributed by atoms with Gasteiger partial charge in [-0.15, -0.1) is 0 Å². The van der Waals surface area contributed by atoms with Crippen molar-refractivity contribution in [2.24, 2.45) is 4.99 Å². The van der Waals surface area contributed by atoms with E-state index >= 15 is 0 Å². The maximum absolute atomic E-state index is 13.6. The van der Waals surface area contributed by atoms with Crippen molar-refractivity contribution >= 4 is 40.3 Å². The molecule has 1 amide bonds. The van der Waals surface area contributed by atoms with E-state index < -0.39 is 0 Å². The predicted molar refractivity (Wildman–Crippen MR) is 152 cm³/mol. The summed E-state index contributed by atoms with van der Waals surface area (Å²) < 4.78 is 5.28. The number of aliphatic imine (C=N–C) groups is 1. The van der Waals surface area contributed by atoms with Gasteiger partial charge in [0, 0.05) is 24.8 Å². The molecule has 3 aromatic rings. The summed E-state index contributed by atoms with van der Waals surface area (Å²) >= 11 is 1.49. The molecule has 2 fully saturated rings. The molecule has 0 N–H and O–H groups in total. The van der Waals surface area contributed by atoms with Crippen molar-refractivity contribution in [3.05, 3.63) is 94.4 Å². The number of amidine groups is 1. The molecule has 1 aliphatic carbocycles. The van der Waals surface area contributed by atoms with Crippen LogP contribution >= 0.6 is 11.8 Å². The Balaban J connectivity index is 1.24. The smallest absolute Gasteiger partial charge is 0.267 e. The summed E-state index contributed by atoms with van der Waals surface area (Å²) in [5, 5.41) is 0.778. The molecule has 0 unspecified atom stereocenters. The third-order valence-electron chi connectivity index (χ3n) is 7.47. The van der Waals surface area contributed by atoms with Crippen LogP contribution in [0.25, 0.3) is 6.08 Å². The number of fused-ring (bicyclic) bond motifs is 1.